The first kappa shape index (κ1) is 15.6. The molecule has 0 bridgehead atoms. The molecule has 1 aromatic carbocycles. The summed E-state index contributed by atoms with van der Waals surface area (Å²) in [5.74, 6) is 0. The molecule has 0 radical (unpaired) electrons. The molecular formula is C15H18F3N3. The Balaban J connectivity index is 2.14. The molecule has 114 valence electrons. The third-order valence-electron chi connectivity index (χ3n) is 3.52. The number of aryl methyl sites for hydroxylation is 1. The summed E-state index contributed by atoms with van der Waals surface area (Å²) in [4.78, 5) is 0. The Bertz CT molecular complexity index is 604. The van der Waals surface area contributed by atoms with E-state index in [4.69, 9.17) is 0 Å². The lowest BCUT2D eigenvalue weighted by molar-refractivity contribution is -0.137. The second-order valence-corrected chi connectivity index (χ2v) is 5.11. The number of hydrogen-bond acceptors (Lipinski definition) is 2. The van der Waals surface area contributed by atoms with Crippen LogP contribution < -0.4 is 5.32 Å². The molecule has 0 aliphatic rings. The van der Waals surface area contributed by atoms with E-state index < -0.39 is 11.7 Å². The van der Waals surface area contributed by atoms with E-state index in [1.54, 1.807) is 16.9 Å². The molecule has 1 aromatic heterocycles. The summed E-state index contributed by atoms with van der Waals surface area (Å²) in [6, 6.07) is 7.08. The minimum absolute atomic E-state index is 0.0120. The van der Waals surface area contributed by atoms with E-state index in [1.807, 2.05) is 27.0 Å². The quantitative estimate of drug-likeness (QED) is 0.929. The van der Waals surface area contributed by atoms with Crippen molar-refractivity contribution in [2.75, 3.05) is 0 Å². The predicted octanol–water partition coefficient (Wildman–Crippen LogP) is 3.85. The van der Waals surface area contributed by atoms with Crippen molar-refractivity contribution in [3.8, 4) is 0 Å². The average molecular weight is 297 g/mol. The van der Waals surface area contributed by atoms with Crippen molar-refractivity contribution in [1.82, 2.24) is 15.1 Å². The van der Waals surface area contributed by atoms with Gasteiger partial charge in [0.2, 0.25) is 0 Å². The van der Waals surface area contributed by atoms with E-state index in [-0.39, 0.29) is 12.1 Å². The van der Waals surface area contributed by atoms with Gasteiger partial charge >= 0.3 is 6.18 Å². The van der Waals surface area contributed by atoms with Crippen LogP contribution in [0.4, 0.5) is 13.2 Å². The van der Waals surface area contributed by atoms with Gasteiger partial charge in [-0.15, -0.1) is 0 Å². The number of alkyl halides is 3. The lowest BCUT2D eigenvalue weighted by Crippen LogP contribution is -2.24. The van der Waals surface area contributed by atoms with Gasteiger partial charge < -0.3 is 5.32 Å². The third kappa shape index (κ3) is 3.64. The summed E-state index contributed by atoms with van der Waals surface area (Å²) >= 11 is 0. The highest BCUT2D eigenvalue weighted by Crippen LogP contribution is 2.31. The Kier molecular flexibility index (Phi) is 4.37. The largest absolute Gasteiger partial charge is 0.416 e. The summed E-state index contributed by atoms with van der Waals surface area (Å²) in [7, 11) is 1.84. The van der Waals surface area contributed by atoms with Crippen LogP contribution in [0.25, 0.3) is 0 Å². The van der Waals surface area contributed by atoms with Crippen LogP contribution >= 0.6 is 0 Å². The van der Waals surface area contributed by atoms with Crippen LogP contribution in [0.1, 0.15) is 42.8 Å². The van der Waals surface area contributed by atoms with Crippen LogP contribution in [0.2, 0.25) is 0 Å². The number of halogens is 3. The maximum Gasteiger partial charge on any atom is 0.416 e. The smallest absolute Gasteiger partial charge is 0.302 e. The molecule has 0 fully saturated rings. The Labute approximate surface area is 121 Å². The van der Waals surface area contributed by atoms with Gasteiger partial charge in [0.1, 0.15) is 0 Å². The van der Waals surface area contributed by atoms with Gasteiger partial charge in [-0.05, 0) is 37.6 Å². The highest BCUT2D eigenvalue weighted by molar-refractivity contribution is 5.28. The molecule has 0 aliphatic carbocycles. The molecule has 1 heterocycles. The van der Waals surface area contributed by atoms with Crippen molar-refractivity contribution < 1.29 is 13.2 Å². The van der Waals surface area contributed by atoms with Gasteiger partial charge in [-0.2, -0.15) is 18.3 Å². The molecule has 0 aliphatic heterocycles. The minimum atomic E-state index is -4.32. The van der Waals surface area contributed by atoms with E-state index in [0.29, 0.717) is 5.56 Å². The first-order valence-corrected chi connectivity index (χ1v) is 6.70. The van der Waals surface area contributed by atoms with E-state index >= 15 is 0 Å². The number of rotatable bonds is 4. The van der Waals surface area contributed by atoms with Crippen molar-refractivity contribution in [2.45, 2.75) is 32.1 Å². The second kappa shape index (κ2) is 5.89. The minimum Gasteiger partial charge on any atom is -0.302 e. The SMILES string of the molecule is CC(NC(C)c1ccnn1C)c1cccc(C(F)(F)F)c1. The molecule has 2 atom stereocenters. The molecule has 0 amide bonds. The molecule has 0 saturated carbocycles. The highest BCUT2D eigenvalue weighted by Gasteiger charge is 2.30. The predicted molar refractivity (Wildman–Crippen MR) is 74.6 cm³/mol. The molecule has 21 heavy (non-hydrogen) atoms. The lowest BCUT2D eigenvalue weighted by Gasteiger charge is -2.21. The van der Waals surface area contributed by atoms with E-state index in [2.05, 4.69) is 10.4 Å². The second-order valence-electron chi connectivity index (χ2n) is 5.11. The van der Waals surface area contributed by atoms with Crippen LogP contribution in [0.15, 0.2) is 36.5 Å². The van der Waals surface area contributed by atoms with Crippen LogP contribution in [0, 0.1) is 0 Å². The maximum absolute atomic E-state index is 12.7. The first-order chi connectivity index (χ1) is 9.79. The van der Waals surface area contributed by atoms with Crippen LogP contribution in [0.3, 0.4) is 0 Å². The Morgan fingerprint density at radius 2 is 1.86 bits per heavy atom. The first-order valence-electron chi connectivity index (χ1n) is 6.70. The fourth-order valence-corrected chi connectivity index (χ4v) is 2.35. The van der Waals surface area contributed by atoms with E-state index in [9.17, 15) is 13.2 Å². The van der Waals surface area contributed by atoms with Crippen LogP contribution in [-0.2, 0) is 13.2 Å². The van der Waals surface area contributed by atoms with Gasteiger partial charge in [0, 0.05) is 25.3 Å². The molecular weight excluding hydrogens is 279 g/mol. The molecule has 2 aromatic rings. The fraction of sp³-hybridized carbons (Fsp3) is 0.400. The zero-order chi connectivity index (χ0) is 15.6. The molecule has 0 spiro atoms. The standard InChI is InChI=1S/C15H18F3N3/c1-10(20-11(2)14-7-8-19-21(14)3)12-5-4-6-13(9-12)15(16,17)18/h4-11,20H,1-3H3. The van der Waals surface area contributed by atoms with E-state index in [0.717, 1.165) is 11.8 Å². The number of benzene rings is 1. The summed E-state index contributed by atoms with van der Waals surface area (Å²) in [6.45, 7) is 3.81. The van der Waals surface area contributed by atoms with Gasteiger partial charge in [-0.25, -0.2) is 0 Å². The maximum atomic E-state index is 12.7. The number of hydrogen-bond donors (Lipinski definition) is 1. The normalized spacial score (nSPS) is 15.0. The van der Waals surface area contributed by atoms with Crippen molar-refractivity contribution in [2.24, 2.45) is 7.05 Å². The Morgan fingerprint density at radius 1 is 1.14 bits per heavy atom. The van der Waals surface area contributed by atoms with Crippen LogP contribution in [0.5, 0.6) is 0 Å². The van der Waals surface area contributed by atoms with E-state index in [1.165, 1.54) is 12.1 Å². The van der Waals surface area contributed by atoms with Crippen molar-refractivity contribution in [3.05, 3.63) is 53.3 Å². The fourth-order valence-electron chi connectivity index (χ4n) is 2.35. The van der Waals surface area contributed by atoms with Crippen molar-refractivity contribution in [1.29, 1.82) is 0 Å². The average Bonchev–Trinajstić information content (AvgIpc) is 2.84. The molecule has 3 nitrogen and oxygen atoms in total. The number of aromatic nitrogens is 2. The third-order valence-corrected chi connectivity index (χ3v) is 3.52. The monoisotopic (exact) mass is 297 g/mol. The van der Waals surface area contributed by atoms with Crippen molar-refractivity contribution >= 4 is 0 Å². The molecule has 2 unspecified atom stereocenters. The molecule has 2 rings (SSSR count). The zero-order valence-electron chi connectivity index (χ0n) is 12.1. The molecule has 0 saturated heterocycles. The van der Waals surface area contributed by atoms with Gasteiger partial charge in [0.05, 0.1) is 11.3 Å². The highest BCUT2D eigenvalue weighted by atomic mass is 19.4. The van der Waals surface area contributed by atoms with Gasteiger partial charge in [0.25, 0.3) is 0 Å². The molecule has 1 N–H and O–H groups in total. The van der Waals surface area contributed by atoms with Gasteiger partial charge in [-0.3, -0.25) is 4.68 Å². The molecule has 6 heteroatoms. The Hall–Kier alpha value is -1.82. The summed E-state index contributed by atoms with van der Waals surface area (Å²) < 4.78 is 40.0. The van der Waals surface area contributed by atoms with Gasteiger partial charge in [-0.1, -0.05) is 12.1 Å². The van der Waals surface area contributed by atoms with Gasteiger partial charge in [0.15, 0.2) is 0 Å². The summed E-state index contributed by atoms with van der Waals surface area (Å²) in [6.07, 6.45) is -2.62. The lowest BCUT2D eigenvalue weighted by atomic mass is 10.0. The van der Waals surface area contributed by atoms with Crippen molar-refractivity contribution in [3.63, 3.8) is 0 Å². The van der Waals surface area contributed by atoms with Crippen LogP contribution in [-0.4, -0.2) is 9.78 Å². The number of nitrogens with one attached hydrogen (secondary N) is 1. The zero-order valence-corrected chi connectivity index (χ0v) is 12.1. The Morgan fingerprint density at radius 3 is 2.43 bits per heavy atom. The summed E-state index contributed by atoms with van der Waals surface area (Å²) in [5, 5.41) is 7.38. The topological polar surface area (TPSA) is 29.9 Å². The number of nitrogens with zero attached hydrogens (tertiary/aromatic N) is 2. The summed E-state index contributed by atoms with van der Waals surface area (Å²) in [5.41, 5.74) is 0.967.